The maximum Gasteiger partial charge on any atom is 0.137 e. The van der Waals surface area contributed by atoms with Crippen molar-refractivity contribution >= 4 is 59.7 Å². The van der Waals surface area contributed by atoms with Crippen molar-refractivity contribution in [2.24, 2.45) is 0 Å². The Hall–Kier alpha value is -3.82. The van der Waals surface area contributed by atoms with Crippen molar-refractivity contribution < 1.29 is 4.42 Å². The number of hydrogen-bond donors (Lipinski definition) is 0. The van der Waals surface area contributed by atoms with Gasteiger partial charge in [0.1, 0.15) is 11.2 Å². The third-order valence-electron chi connectivity index (χ3n) is 6.47. The number of para-hydroxylation sites is 2. The van der Waals surface area contributed by atoms with Gasteiger partial charge in [0.2, 0.25) is 0 Å². The van der Waals surface area contributed by atoms with Crippen LogP contribution in [0.4, 0.5) is 0 Å². The van der Waals surface area contributed by atoms with Crippen molar-refractivity contribution in [2.45, 2.75) is 0 Å². The van der Waals surface area contributed by atoms with Gasteiger partial charge in [0.25, 0.3) is 0 Å². The first-order valence-electron chi connectivity index (χ1n) is 11.0. The van der Waals surface area contributed by atoms with Crippen LogP contribution in [0.15, 0.2) is 118 Å². The molecule has 3 heteroatoms. The maximum absolute atomic E-state index is 6.38. The second-order valence-electron chi connectivity index (χ2n) is 8.37. The number of rotatable bonds is 2. The monoisotopic (exact) mass is 487 g/mol. The van der Waals surface area contributed by atoms with Crippen LogP contribution in [0.5, 0.6) is 0 Å². The maximum atomic E-state index is 6.38. The molecule has 0 spiro atoms. The molecule has 0 bridgehead atoms. The number of halogens is 1. The largest absolute Gasteiger partial charge is 0.456 e. The van der Waals surface area contributed by atoms with E-state index in [1.54, 1.807) is 0 Å². The second-order valence-corrected chi connectivity index (χ2v) is 9.29. The molecule has 156 valence electrons. The summed E-state index contributed by atoms with van der Waals surface area (Å²) >= 11 is 3.51. The van der Waals surface area contributed by atoms with Crippen molar-refractivity contribution in [3.05, 3.63) is 114 Å². The van der Waals surface area contributed by atoms with Crippen LogP contribution in [0, 0.1) is 0 Å². The van der Waals surface area contributed by atoms with Crippen LogP contribution in [0.1, 0.15) is 0 Å². The van der Waals surface area contributed by atoms with Gasteiger partial charge in [-0.05, 0) is 59.7 Å². The van der Waals surface area contributed by atoms with Gasteiger partial charge in [-0.15, -0.1) is 0 Å². The van der Waals surface area contributed by atoms with E-state index < -0.39 is 0 Å². The summed E-state index contributed by atoms with van der Waals surface area (Å²) in [6, 6.07) is 38.5. The molecule has 0 saturated heterocycles. The van der Waals surface area contributed by atoms with Crippen molar-refractivity contribution in [1.29, 1.82) is 0 Å². The first kappa shape index (κ1) is 18.7. The molecule has 2 aromatic heterocycles. The first-order valence-corrected chi connectivity index (χ1v) is 11.8. The molecule has 5 aromatic carbocycles. The lowest BCUT2D eigenvalue weighted by Gasteiger charge is -2.07. The average molecular weight is 488 g/mol. The normalized spacial score (nSPS) is 11.8. The van der Waals surface area contributed by atoms with Crippen molar-refractivity contribution in [2.75, 3.05) is 0 Å². The minimum Gasteiger partial charge on any atom is -0.456 e. The Balaban J connectivity index is 1.44. The number of hydrogen-bond acceptors (Lipinski definition) is 1. The van der Waals surface area contributed by atoms with Gasteiger partial charge in [-0.1, -0.05) is 70.5 Å². The van der Waals surface area contributed by atoms with Crippen LogP contribution in [0.2, 0.25) is 0 Å². The van der Waals surface area contributed by atoms with Gasteiger partial charge in [0.05, 0.1) is 11.0 Å². The smallest absolute Gasteiger partial charge is 0.137 e. The quantitative estimate of drug-likeness (QED) is 0.237. The topological polar surface area (TPSA) is 18.1 Å². The van der Waals surface area contributed by atoms with Crippen molar-refractivity contribution in [3.8, 4) is 16.8 Å². The molecule has 0 amide bonds. The molecule has 2 nitrogen and oxygen atoms in total. The minimum atomic E-state index is 0.900. The molecule has 0 aliphatic carbocycles. The lowest BCUT2D eigenvalue weighted by atomic mass is 10.0. The Kier molecular flexibility index (Phi) is 4.02. The number of benzene rings is 5. The van der Waals surface area contributed by atoms with Gasteiger partial charge in [-0.2, -0.15) is 0 Å². The number of aromatic nitrogens is 1. The molecule has 0 radical (unpaired) electrons. The van der Waals surface area contributed by atoms with E-state index in [9.17, 15) is 0 Å². The van der Waals surface area contributed by atoms with Crippen LogP contribution in [0.25, 0.3) is 60.6 Å². The SMILES string of the molecule is Brc1ccc(-c2ccc3c(c2)oc2cc(-n4c5ccccc5c5ccccc54)ccc23)cc1. The molecule has 0 saturated carbocycles. The van der Waals surface area contributed by atoms with Gasteiger partial charge in [-0.3, -0.25) is 0 Å². The fraction of sp³-hybridized carbons (Fsp3) is 0. The number of nitrogens with zero attached hydrogens (tertiary/aromatic N) is 1. The molecule has 7 aromatic rings. The first-order chi connectivity index (χ1) is 16.3. The third kappa shape index (κ3) is 2.86. The Morgan fingerprint density at radius 1 is 0.515 bits per heavy atom. The summed E-state index contributed by atoms with van der Waals surface area (Å²) < 4.78 is 9.78. The third-order valence-corrected chi connectivity index (χ3v) is 7.00. The number of furan rings is 1. The summed E-state index contributed by atoms with van der Waals surface area (Å²) in [5.74, 6) is 0. The van der Waals surface area contributed by atoms with Crippen molar-refractivity contribution in [1.82, 2.24) is 4.57 Å². The highest BCUT2D eigenvalue weighted by Crippen LogP contribution is 2.36. The molecule has 2 heterocycles. The molecule has 0 aliphatic rings. The molecular formula is C30H18BrNO. The fourth-order valence-electron chi connectivity index (χ4n) is 4.93. The highest BCUT2D eigenvalue weighted by atomic mass is 79.9. The molecule has 0 fully saturated rings. The van der Waals surface area contributed by atoms with E-state index in [4.69, 9.17) is 4.42 Å². The van der Waals surface area contributed by atoms with E-state index >= 15 is 0 Å². The fourth-order valence-corrected chi connectivity index (χ4v) is 5.19. The van der Waals surface area contributed by atoms with E-state index in [-0.39, 0.29) is 0 Å². The minimum absolute atomic E-state index is 0.900. The second kappa shape index (κ2) is 7.09. The Labute approximate surface area is 198 Å². The zero-order chi connectivity index (χ0) is 21.9. The molecular weight excluding hydrogens is 470 g/mol. The van der Waals surface area contributed by atoms with E-state index in [0.29, 0.717) is 0 Å². The van der Waals surface area contributed by atoms with Crippen LogP contribution in [-0.4, -0.2) is 4.57 Å². The summed E-state index contributed by atoms with van der Waals surface area (Å²) in [4.78, 5) is 0. The summed E-state index contributed by atoms with van der Waals surface area (Å²) in [6.45, 7) is 0. The highest BCUT2D eigenvalue weighted by Gasteiger charge is 2.14. The van der Waals surface area contributed by atoms with Gasteiger partial charge < -0.3 is 8.98 Å². The zero-order valence-electron chi connectivity index (χ0n) is 17.6. The molecule has 0 N–H and O–H groups in total. The van der Waals surface area contributed by atoms with E-state index in [1.807, 2.05) is 0 Å². The van der Waals surface area contributed by atoms with Crippen LogP contribution >= 0.6 is 15.9 Å². The average Bonchev–Trinajstić information content (AvgIpc) is 3.39. The molecule has 0 aliphatic heterocycles. The molecule has 7 rings (SSSR count). The van der Waals surface area contributed by atoms with Crippen LogP contribution < -0.4 is 0 Å². The molecule has 0 atom stereocenters. The van der Waals surface area contributed by atoms with Gasteiger partial charge >= 0.3 is 0 Å². The predicted molar refractivity (Wildman–Crippen MR) is 141 cm³/mol. The zero-order valence-corrected chi connectivity index (χ0v) is 19.2. The Bertz CT molecular complexity index is 1770. The van der Waals surface area contributed by atoms with E-state index in [2.05, 4.69) is 130 Å². The molecule has 0 unspecified atom stereocenters. The number of fused-ring (bicyclic) bond motifs is 6. The Morgan fingerprint density at radius 3 is 1.79 bits per heavy atom. The van der Waals surface area contributed by atoms with E-state index in [1.165, 1.54) is 27.4 Å². The summed E-state index contributed by atoms with van der Waals surface area (Å²) in [7, 11) is 0. The van der Waals surface area contributed by atoms with Crippen molar-refractivity contribution in [3.63, 3.8) is 0 Å². The summed E-state index contributed by atoms with van der Waals surface area (Å²) in [5, 5.41) is 4.80. The lowest BCUT2D eigenvalue weighted by molar-refractivity contribution is 0.669. The summed E-state index contributed by atoms with van der Waals surface area (Å²) in [6.07, 6.45) is 0. The van der Waals surface area contributed by atoms with Gasteiger partial charge in [0.15, 0.2) is 0 Å². The van der Waals surface area contributed by atoms with Gasteiger partial charge in [0, 0.05) is 37.8 Å². The standard InChI is InChI=1S/C30H18BrNO/c31-21-12-9-19(10-13-21)20-11-15-25-26-16-14-22(18-30(26)33-29(25)17-20)32-27-7-3-1-5-23(27)24-6-2-4-8-28(24)32/h1-18H. The summed E-state index contributed by atoms with van der Waals surface area (Å²) in [5.41, 5.74) is 7.63. The van der Waals surface area contributed by atoms with Gasteiger partial charge in [-0.25, -0.2) is 0 Å². The van der Waals surface area contributed by atoms with Crippen LogP contribution in [-0.2, 0) is 0 Å². The Morgan fingerprint density at radius 2 is 1.09 bits per heavy atom. The van der Waals surface area contributed by atoms with Crippen LogP contribution in [0.3, 0.4) is 0 Å². The predicted octanol–water partition coefficient (Wildman–Crippen LogP) is 9.11. The van der Waals surface area contributed by atoms with E-state index in [0.717, 1.165) is 37.7 Å². The highest BCUT2D eigenvalue weighted by molar-refractivity contribution is 9.10. The lowest BCUT2D eigenvalue weighted by Crippen LogP contribution is -1.93. The molecule has 33 heavy (non-hydrogen) atoms.